The Morgan fingerprint density at radius 3 is 2.31 bits per heavy atom. The van der Waals surface area contributed by atoms with Crippen molar-refractivity contribution in [1.29, 1.82) is 0 Å². The Kier molecular flexibility index (Phi) is 5.24. The van der Waals surface area contributed by atoms with Crippen molar-refractivity contribution in [3.05, 3.63) is 29.3 Å². The Labute approximate surface area is 98.9 Å². The fourth-order valence-corrected chi connectivity index (χ4v) is 1.17. The zero-order valence-electron chi connectivity index (χ0n) is 7.14. The summed E-state index contributed by atoms with van der Waals surface area (Å²) in [4.78, 5) is -0.641. The molecule has 13 heavy (non-hydrogen) atoms. The van der Waals surface area contributed by atoms with E-state index in [-0.39, 0.29) is 35.1 Å². The van der Waals surface area contributed by atoms with Crippen LogP contribution in [0.3, 0.4) is 0 Å². The molecule has 1 aromatic rings. The first-order valence-electron chi connectivity index (χ1n) is 3.07. The van der Waals surface area contributed by atoms with Gasteiger partial charge in [-0.15, -0.1) is 0 Å². The molecule has 0 bridgehead atoms. The third kappa shape index (κ3) is 3.11. The van der Waals surface area contributed by atoms with E-state index in [2.05, 4.69) is 0 Å². The molecule has 0 aliphatic carbocycles. The normalized spacial score (nSPS) is 12.0. The van der Waals surface area contributed by atoms with Gasteiger partial charge in [-0.1, -0.05) is 0 Å². The van der Waals surface area contributed by atoms with Crippen LogP contribution in [0.2, 0.25) is 0 Å². The molecule has 6 heteroatoms. The molecule has 1 atom stereocenters. The van der Waals surface area contributed by atoms with E-state index in [9.17, 15) is 17.5 Å². The van der Waals surface area contributed by atoms with Crippen LogP contribution in [0.1, 0.15) is 5.56 Å². The summed E-state index contributed by atoms with van der Waals surface area (Å²) in [6, 6.07) is 1.51. The molecular weight excluding hydrogens is 209 g/mol. The molecule has 1 aromatic carbocycles. The van der Waals surface area contributed by atoms with E-state index < -0.39 is 27.6 Å². The standard InChI is InChI=1S/C7H6F2O2S.Na/c1-4-2-6(9)7(12(10)11)3-5(4)8;/h2-3H,1H3,(H,10,11);/q;+1/p-1. The minimum Gasteiger partial charge on any atom is -0.768 e. The van der Waals surface area contributed by atoms with Gasteiger partial charge in [0.15, 0.2) is 0 Å². The number of aryl methyl sites for hydroxylation is 1. The molecule has 1 rings (SSSR count). The van der Waals surface area contributed by atoms with Crippen LogP contribution in [0.15, 0.2) is 17.0 Å². The van der Waals surface area contributed by atoms with E-state index >= 15 is 0 Å². The van der Waals surface area contributed by atoms with Crippen LogP contribution in [-0.4, -0.2) is 8.76 Å². The van der Waals surface area contributed by atoms with Gasteiger partial charge < -0.3 is 4.55 Å². The number of halogens is 2. The third-order valence-corrected chi connectivity index (χ3v) is 2.06. The van der Waals surface area contributed by atoms with Crippen molar-refractivity contribution >= 4 is 11.1 Å². The van der Waals surface area contributed by atoms with Gasteiger partial charge in [-0.05, 0) is 35.7 Å². The summed E-state index contributed by atoms with van der Waals surface area (Å²) in [5.74, 6) is -1.65. The van der Waals surface area contributed by atoms with E-state index in [1.165, 1.54) is 6.92 Å². The average Bonchev–Trinajstić information content (AvgIpc) is 1.96. The summed E-state index contributed by atoms with van der Waals surface area (Å²) < 4.78 is 46.0. The van der Waals surface area contributed by atoms with Gasteiger partial charge in [0.2, 0.25) is 0 Å². The fourth-order valence-electron chi connectivity index (χ4n) is 0.756. The molecular formula is C7H5F2NaO2S. The zero-order valence-corrected chi connectivity index (χ0v) is 9.95. The van der Waals surface area contributed by atoms with Gasteiger partial charge in [-0.3, -0.25) is 4.21 Å². The van der Waals surface area contributed by atoms with Crippen LogP contribution >= 0.6 is 0 Å². The second kappa shape index (κ2) is 5.17. The first-order chi connectivity index (χ1) is 5.52. The average molecular weight is 214 g/mol. The minimum atomic E-state index is -2.72. The summed E-state index contributed by atoms with van der Waals surface area (Å²) in [6.45, 7) is 1.36. The molecule has 0 heterocycles. The molecule has 2 nitrogen and oxygen atoms in total. The first kappa shape index (κ1) is 13.2. The number of rotatable bonds is 1. The zero-order chi connectivity index (χ0) is 9.30. The molecule has 0 amide bonds. The monoisotopic (exact) mass is 214 g/mol. The minimum absolute atomic E-state index is 0. The summed E-state index contributed by atoms with van der Waals surface area (Å²) in [6.07, 6.45) is 0. The van der Waals surface area contributed by atoms with E-state index in [0.717, 1.165) is 6.07 Å². The van der Waals surface area contributed by atoms with E-state index in [1.54, 1.807) is 0 Å². The maximum atomic E-state index is 12.7. The van der Waals surface area contributed by atoms with Crippen molar-refractivity contribution in [2.75, 3.05) is 0 Å². The van der Waals surface area contributed by atoms with Crippen molar-refractivity contribution in [3.8, 4) is 0 Å². The molecule has 1 unspecified atom stereocenters. The molecule has 0 saturated carbocycles. The van der Waals surface area contributed by atoms with Crippen molar-refractivity contribution < 1.29 is 47.1 Å². The van der Waals surface area contributed by atoms with Gasteiger partial charge in [-0.2, -0.15) is 0 Å². The molecule has 0 aromatic heterocycles. The van der Waals surface area contributed by atoms with E-state index in [4.69, 9.17) is 0 Å². The van der Waals surface area contributed by atoms with E-state index in [1.807, 2.05) is 0 Å². The SMILES string of the molecule is Cc1cc(F)c(S(=O)[O-])cc1F.[Na+]. The van der Waals surface area contributed by atoms with Crippen LogP contribution in [0, 0.1) is 18.6 Å². The van der Waals surface area contributed by atoms with Crippen LogP contribution in [0.4, 0.5) is 8.78 Å². The quantitative estimate of drug-likeness (QED) is 0.422. The largest absolute Gasteiger partial charge is 1.00 e. The Morgan fingerprint density at radius 1 is 1.31 bits per heavy atom. The van der Waals surface area contributed by atoms with Gasteiger partial charge in [-0.25, -0.2) is 8.78 Å². The van der Waals surface area contributed by atoms with Crippen molar-refractivity contribution in [2.24, 2.45) is 0 Å². The molecule has 0 spiro atoms. The van der Waals surface area contributed by atoms with Crippen molar-refractivity contribution in [2.45, 2.75) is 11.8 Å². The summed E-state index contributed by atoms with van der Waals surface area (Å²) in [7, 11) is 0. The Morgan fingerprint density at radius 2 is 1.85 bits per heavy atom. The van der Waals surface area contributed by atoms with Gasteiger partial charge >= 0.3 is 29.6 Å². The van der Waals surface area contributed by atoms with Crippen LogP contribution in [0.25, 0.3) is 0 Å². The predicted octanol–water partition coefficient (Wildman–Crippen LogP) is -1.48. The maximum absolute atomic E-state index is 12.7. The van der Waals surface area contributed by atoms with Crippen LogP contribution in [0.5, 0.6) is 0 Å². The van der Waals surface area contributed by atoms with Crippen molar-refractivity contribution in [3.63, 3.8) is 0 Å². The molecule has 0 radical (unpaired) electrons. The molecule has 0 aliphatic heterocycles. The molecule has 66 valence electrons. The molecule has 0 saturated heterocycles. The van der Waals surface area contributed by atoms with Gasteiger partial charge in [0.25, 0.3) is 0 Å². The summed E-state index contributed by atoms with van der Waals surface area (Å²) in [5, 5.41) is 0. The Balaban J connectivity index is 0.00000144. The third-order valence-electron chi connectivity index (χ3n) is 1.39. The smallest absolute Gasteiger partial charge is 0.768 e. The predicted molar refractivity (Wildman–Crippen MR) is 38.3 cm³/mol. The van der Waals surface area contributed by atoms with Crippen LogP contribution in [-0.2, 0) is 11.1 Å². The van der Waals surface area contributed by atoms with Crippen molar-refractivity contribution in [1.82, 2.24) is 0 Å². The number of hydrogen-bond donors (Lipinski definition) is 0. The summed E-state index contributed by atoms with van der Waals surface area (Å²) >= 11 is -2.72. The molecule has 0 fully saturated rings. The molecule has 0 N–H and O–H groups in total. The van der Waals surface area contributed by atoms with Gasteiger partial charge in [0.1, 0.15) is 11.6 Å². The Bertz CT molecular complexity index is 344. The van der Waals surface area contributed by atoms with Crippen LogP contribution < -0.4 is 29.6 Å². The maximum Gasteiger partial charge on any atom is 1.00 e. The number of benzene rings is 1. The molecule has 0 aliphatic rings. The first-order valence-corrected chi connectivity index (χ1v) is 4.15. The van der Waals surface area contributed by atoms with Gasteiger partial charge in [0.05, 0.1) is 4.90 Å². The summed E-state index contributed by atoms with van der Waals surface area (Å²) in [5.41, 5.74) is 0.0849. The van der Waals surface area contributed by atoms with Gasteiger partial charge in [0, 0.05) is 0 Å². The second-order valence-corrected chi connectivity index (χ2v) is 3.18. The Hall–Kier alpha value is 0.190. The van der Waals surface area contributed by atoms with E-state index in [0.29, 0.717) is 6.07 Å². The topological polar surface area (TPSA) is 40.1 Å². The number of hydrogen-bond acceptors (Lipinski definition) is 2. The fraction of sp³-hybridized carbons (Fsp3) is 0.143. The second-order valence-electron chi connectivity index (χ2n) is 2.27.